The van der Waals surface area contributed by atoms with Crippen LogP contribution in [0.1, 0.15) is 11.4 Å². The summed E-state index contributed by atoms with van der Waals surface area (Å²) in [6, 6.07) is 10.0. The van der Waals surface area contributed by atoms with Crippen LogP contribution in [0.25, 0.3) is 11.3 Å². The molecule has 0 unspecified atom stereocenters. The van der Waals surface area contributed by atoms with Crippen molar-refractivity contribution in [1.29, 1.82) is 0 Å². The van der Waals surface area contributed by atoms with Crippen molar-refractivity contribution in [3.05, 3.63) is 46.9 Å². The molecule has 0 spiro atoms. The first kappa shape index (κ1) is 21.1. The molecule has 1 aromatic carbocycles. The van der Waals surface area contributed by atoms with Gasteiger partial charge in [0.2, 0.25) is 5.95 Å². The van der Waals surface area contributed by atoms with Gasteiger partial charge in [-0.15, -0.1) is 23.7 Å². The van der Waals surface area contributed by atoms with E-state index in [-0.39, 0.29) is 12.4 Å². The lowest BCUT2D eigenvalue weighted by Crippen LogP contribution is -2.16. The van der Waals surface area contributed by atoms with Gasteiger partial charge in [-0.05, 0) is 52.2 Å². The predicted molar refractivity (Wildman–Crippen MR) is 117 cm³/mol. The van der Waals surface area contributed by atoms with Gasteiger partial charge in [-0.3, -0.25) is 0 Å². The van der Waals surface area contributed by atoms with Gasteiger partial charge in [0.05, 0.1) is 10.7 Å². The first-order chi connectivity index (χ1) is 12.6. The first-order valence-corrected chi connectivity index (χ1v) is 9.49. The van der Waals surface area contributed by atoms with Crippen LogP contribution in [-0.2, 0) is 0 Å². The zero-order valence-corrected chi connectivity index (χ0v) is 17.4. The monoisotopic (exact) mass is 404 g/mol. The number of rotatable bonds is 8. The van der Waals surface area contributed by atoms with Crippen LogP contribution in [0.4, 0.5) is 17.5 Å². The highest BCUT2D eigenvalue weighted by Gasteiger charge is 2.05. The summed E-state index contributed by atoms with van der Waals surface area (Å²) in [5.74, 6) is 1.40. The van der Waals surface area contributed by atoms with Crippen molar-refractivity contribution in [2.75, 3.05) is 37.8 Å². The largest absolute Gasteiger partial charge is 0.370 e. The first-order valence-electron chi connectivity index (χ1n) is 8.61. The maximum Gasteiger partial charge on any atom is 0.229 e. The molecule has 0 atom stereocenters. The number of nitrogens with one attached hydrogen (secondary N) is 2. The number of aryl methyl sites for hydroxylation is 1. The Morgan fingerprint density at radius 3 is 2.74 bits per heavy atom. The highest BCUT2D eigenvalue weighted by atomic mass is 35.5. The van der Waals surface area contributed by atoms with Crippen LogP contribution in [0.15, 0.2) is 41.9 Å². The number of benzene rings is 1. The van der Waals surface area contributed by atoms with Gasteiger partial charge in [0.25, 0.3) is 0 Å². The molecular formula is C19H25ClN6S. The zero-order chi connectivity index (χ0) is 18.4. The quantitative estimate of drug-likeness (QED) is 0.541. The van der Waals surface area contributed by atoms with Gasteiger partial charge in [0, 0.05) is 29.4 Å². The van der Waals surface area contributed by atoms with Gasteiger partial charge < -0.3 is 15.5 Å². The van der Waals surface area contributed by atoms with Gasteiger partial charge in [0.1, 0.15) is 5.82 Å². The van der Waals surface area contributed by atoms with Gasteiger partial charge >= 0.3 is 0 Å². The SMILES string of the molecule is Cc1nc(-c2cccc(Nc3nccc(NCCCN(C)C)n3)c2)cs1.Cl. The van der Waals surface area contributed by atoms with E-state index in [4.69, 9.17) is 0 Å². The van der Waals surface area contributed by atoms with Crippen molar-refractivity contribution < 1.29 is 0 Å². The fourth-order valence-electron chi connectivity index (χ4n) is 2.51. The maximum atomic E-state index is 4.54. The lowest BCUT2D eigenvalue weighted by atomic mass is 10.1. The molecule has 3 rings (SSSR count). The van der Waals surface area contributed by atoms with Crippen molar-refractivity contribution in [3.63, 3.8) is 0 Å². The third-order valence-electron chi connectivity index (χ3n) is 3.78. The van der Waals surface area contributed by atoms with E-state index in [1.807, 2.05) is 25.1 Å². The molecule has 0 aliphatic carbocycles. The van der Waals surface area contributed by atoms with Gasteiger partial charge in [-0.25, -0.2) is 9.97 Å². The minimum atomic E-state index is 0. The Bertz CT molecular complexity index is 851. The Kier molecular flexibility index (Phi) is 7.97. The molecule has 2 heterocycles. The van der Waals surface area contributed by atoms with E-state index < -0.39 is 0 Å². The maximum absolute atomic E-state index is 4.54. The fourth-order valence-corrected chi connectivity index (χ4v) is 3.13. The minimum absolute atomic E-state index is 0. The normalized spacial score (nSPS) is 10.5. The second kappa shape index (κ2) is 10.2. The molecule has 0 saturated heterocycles. The standard InChI is InChI=1S/C19H24N6S.ClH/c1-14-22-17(13-26-14)15-6-4-7-16(12-15)23-19-21-10-8-18(24-19)20-9-5-11-25(2)3;/h4,6-8,10,12-13H,5,9,11H2,1-3H3,(H2,20,21,23,24);1H. The van der Waals surface area contributed by atoms with Crippen LogP contribution >= 0.6 is 23.7 Å². The third kappa shape index (κ3) is 6.46. The number of hydrogen-bond donors (Lipinski definition) is 2. The molecule has 27 heavy (non-hydrogen) atoms. The summed E-state index contributed by atoms with van der Waals surface area (Å²) in [6.07, 6.45) is 2.83. The molecule has 0 radical (unpaired) electrons. The van der Waals surface area contributed by atoms with E-state index in [0.717, 1.165) is 47.3 Å². The Hall–Kier alpha value is -2.22. The lowest BCUT2D eigenvalue weighted by Gasteiger charge is -2.11. The highest BCUT2D eigenvalue weighted by Crippen LogP contribution is 2.25. The van der Waals surface area contributed by atoms with Gasteiger partial charge in [-0.2, -0.15) is 4.98 Å². The molecule has 2 aromatic heterocycles. The predicted octanol–water partition coefficient (Wildman–Crippen LogP) is 4.44. The summed E-state index contributed by atoms with van der Waals surface area (Å²) >= 11 is 1.65. The van der Waals surface area contributed by atoms with E-state index >= 15 is 0 Å². The second-order valence-electron chi connectivity index (χ2n) is 6.31. The molecule has 0 amide bonds. The summed E-state index contributed by atoms with van der Waals surface area (Å²) in [5, 5.41) is 9.75. The van der Waals surface area contributed by atoms with Crippen molar-refractivity contribution >= 4 is 41.2 Å². The fraction of sp³-hybridized carbons (Fsp3) is 0.316. The summed E-state index contributed by atoms with van der Waals surface area (Å²) in [7, 11) is 4.15. The van der Waals surface area contributed by atoms with Crippen molar-refractivity contribution in [1.82, 2.24) is 19.9 Å². The van der Waals surface area contributed by atoms with Gasteiger partial charge in [0.15, 0.2) is 0 Å². The van der Waals surface area contributed by atoms with E-state index in [1.165, 1.54) is 0 Å². The Morgan fingerprint density at radius 1 is 1.15 bits per heavy atom. The van der Waals surface area contributed by atoms with Crippen LogP contribution in [-0.4, -0.2) is 47.0 Å². The van der Waals surface area contributed by atoms with Crippen LogP contribution in [0, 0.1) is 6.92 Å². The van der Waals surface area contributed by atoms with Crippen molar-refractivity contribution in [3.8, 4) is 11.3 Å². The average Bonchev–Trinajstić information content (AvgIpc) is 3.06. The average molecular weight is 405 g/mol. The smallest absolute Gasteiger partial charge is 0.229 e. The number of thiazole rings is 1. The van der Waals surface area contributed by atoms with Crippen LogP contribution in [0.2, 0.25) is 0 Å². The van der Waals surface area contributed by atoms with Crippen LogP contribution in [0.5, 0.6) is 0 Å². The number of halogens is 1. The van der Waals surface area contributed by atoms with E-state index in [0.29, 0.717) is 5.95 Å². The van der Waals surface area contributed by atoms with E-state index in [1.54, 1.807) is 17.5 Å². The number of aromatic nitrogens is 3. The summed E-state index contributed by atoms with van der Waals surface area (Å²) in [5.41, 5.74) is 3.02. The molecule has 2 N–H and O–H groups in total. The lowest BCUT2D eigenvalue weighted by molar-refractivity contribution is 0.405. The van der Waals surface area contributed by atoms with Gasteiger partial charge in [-0.1, -0.05) is 12.1 Å². The third-order valence-corrected chi connectivity index (χ3v) is 4.55. The number of nitrogens with zero attached hydrogens (tertiary/aromatic N) is 4. The number of anilines is 3. The van der Waals surface area contributed by atoms with E-state index in [9.17, 15) is 0 Å². The van der Waals surface area contributed by atoms with Crippen molar-refractivity contribution in [2.24, 2.45) is 0 Å². The molecule has 0 aliphatic heterocycles. The topological polar surface area (TPSA) is 66.0 Å². The van der Waals surface area contributed by atoms with E-state index in [2.05, 4.69) is 62.1 Å². The van der Waals surface area contributed by atoms with Crippen molar-refractivity contribution in [2.45, 2.75) is 13.3 Å². The highest BCUT2D eigenvalue weighted by molar-refractivity contribution is 7.09. The summed E-state index contributed by atoms with van der Waals surface area (Å²) < 4.78 is 0. The minimum Gasteiger partial charge on any atom is -0.370 e. The van der Waals surface area contributed by atoms with Crippen LogP contribution in [0.3, 0.4) is 0 Å². The molecule has 0 bridgehead atoms. The zero-order valence-electron chi connectivity index (χ0n) is 15.8. The molecule has 144 valence electrons. The summed E-state index contributed by atoms with van der Waals surface area (Å²) in [6.45, 7) is 3.94. The second-order valence-corrected chi connectivity index (χ2v) is 7.37. The molecule has 0 fully saturated rings. The Morgan fingerprint density at radius 2 is 2.00 bits per heavy atom. The molecule has 3 aromatic rings. The summed E-state index contributed by atoms with van der Waals surface area (Å²) in [4.78, 5) is 15.6. The Labute approximate surface area is 170 Å². The van der Waals surface area contributed by atoms with Crippen LogP contribution < -0.4 is 10.6 Å². The molecular weight excluding hydrogens is 380 g/mol. The molecule has 0 aliphatic rings. The Balaban J connectivity index is 0.00000261. The molecule has 8 heteroatoms. The number of hydrogen-bond acceptors (Lipinski definition) is 7. The molecule has 6 nitrogen and oxygen atoms in total. The molecule has 0 saturated carbocycles.